The van der Waals surface area contributed by atoms with Crippen LogP contribution in [0.5, 0.6) is 0 Å². The molecule has 1 aromatic rings. The SMILES string of the molecule is CCCN1CCC(CNC)C1c1ccc(Br)cn1. The average Bonchev–Trinajstić information content (AvgIpc) is 2.75. The van der Waals surface area contributed by atoms with Crippen LogP contribution in [-0.4, -0.2) is 36.6 Å². The van der Waals surface area contributed by atoms with Crippen molar-refractivity contribution in [3.05, 3.63) is 28.5 Å². The van der Waals surface area contributed by atoms with Crippen molar-refractivity contribution in [3.8, 4) is 0 Å². The Bertz CT molecular complexity index is 352. The average molecular weight is 312 g/mol. The first-order chi connectivity index (χ1) is 8.76. The minimum atomic E-state index is 0.477. The molecule has 18 heavy (non-hydrogen) atoms. The lowest BCUT2D eigenvalue weighted by Crippen LogP contribution is -2.30. The van der Waals surface area contributed by atoms with E-state index < -0.39 is 0 Å². The molecule has 3 nitrogen and oxygen atoms in total. The number of nitrogens with zero attached hydrogens (tertiary/aromatic N) is 2. The smallest absolute Gasteiger partial charge is 0.0579 e. The molecule has 2 atom stereocenters. The molecule has 1 aliphatic rings. The number of halogens is 1. The zero-order valence-electron chi connectivity index (χ0n) is 11.2. The molecule has 0 aromatic carbocycles. The molecule has 2 heterocycles. The highest BCUT2D eigenvalue weighted by atomic mass is 79.9. The van der Waals surface area contributed by atoms with Crippen molar-refractivity contribution in [2.45, 2.75) is 25.8 Å². The van der Waals surface area contributed by atoms with Crippen LogP contribution < -0.4 is 5.32 Å². The van der Waals surface area contributed by atoms with Gasteiger partial charge in [0.15, 0.2) is 0 Å². The third kappa shape index (κ3) is 3.11. The zero-order chi connectivity index (χ0) is 13.0. The Morgan fingerprint density at radius 2 is 2.33 bits per heavy atom. The normalized spacial score (nSPS) is 24.6. The first-order valence-electron chi connectivity index (χ1n) is 6.76. The van der Waals surface area contributed by atoms with E-state index in [1.54, 1.807) is 0 Å². The van der Waals surface area contributed by atoms with E-state index in [4.69, 9.17) is 0 Å². The summed E-state index contributed by atoms with van der Waals surface area (Å²) in [5, 5.41) is 3.32. The minimum absolute atomic E-state index is 0.477. The van der Waals surface area contributed by atoms with E-state index in [0.29, 0.717) is 12.0 Å². The van der Waals surface area contributed by atoms with Gasteiger partial charge in [-0.3, -0.25) is 9.88 Å². The second-order valence-electron chi connectivity index (χ2n) is 4.99. The molecule has 1 fully saturated rings. The minimum Gasteiger partial charge on any atom is -0.319 e. The van der Waals surface area contributed by atoms with Crippen molar-refractivity contribution in [1.82, 2.24) is 15.2 Å². The van der Waals surface area contributed by atoms with Crippen molar-refractivity contribution < 1.29 is 0 Å². The predicted octanol–water partition coefficient (Wildman–Crippen LogP) is 2.84. The molecule has 2 rings (SSSR count). The first-order valence-corrected chi connectivity index (χ1v) is 7.55. The monoisotopic (exact) mass is 311 g/mol. The molecule has 4 heteroatoms. The maximum absolute atomic E-state index is 4.61. The van der Waals surface area contributed by atoms with Crippen LogP contribution in [0, 0.1) is 5.92 Å². The third-order valence-electron chi connectivity index (χ3n) is 3.66. The molecule has 0 spiro atoms. The third-order valence-corrected chi connectivity index (χ3v) is 4.13. The number of aromatic nitrogens is 1. The van der Waals surface area contributed by atoms with Gasteiger partial charge in [0.2, 0.25) is 0 Å². The van der Waals surface area contributed by atoms with Crippen LogP contribution in [0.1, 0.15) is 31.5 Å². The Hall–Kier alpha value is -0.450. The van der Waals surface area contributed by atoms with Gasteiger partial charge in [0.25, 0.3) is 0 Å². The molecule has 1 aliphatic heterocycles. The molecule has 0 radical (unpaired) electrons. The maximum atomic E-state index is 4.61. The number of pyridine rings is 1. The van der Waals surface area contributed by atoms with Crippen molar-refractivity contribution >= 4 is 15.9 Å². The summed E-state index contributed by atoms with van der Waals surface area (Å²) in [6.45, 7) is 5.69. The topological polar surface area (TPSA) is 28.2 Å². The fraction of sp³-hybridized carbons (Fsp3) is 0.643. The van der Waals surface area contributed by atoms with Crippen LogP contribution in [0.15, 0.2) is 22.8 Å². The highest BCUT2D eigenvalue weighted by Crippen LogP contribution is 2.36. The number of hydrogen-bond donors (Lipinski definition) is 1. The van der Waals surface area contributed by atoms with Gasteiger partial charge in [0, 0.05) is 10.7 Å². The molecule has 0 bridgehead atoms. The van der Waals surface area contributed by atoms with Crippen molar-refractivity contribution in [3.63, 3.8) is 0 Å². The van der Waals surface area contributed by atoms with E-state index in [9.17, 15) is 0 Å². The second-order valence-corrected chi connectivity index (χ2v) is 5.90. The summed E-state index contributed by atoms with van der Waals surface area (Å²) < 4.78 is 1.05. The maximum Gasteiger partial charge on any atom is 0.0579 e. The van der Waals surface area contributed by atoms with Gasteiger partial charge in [-0.2, -0.15) is 0 Å². The van der Waals surface area contributed by atoms with Crippen LogP contribution in [0.25, 0.3) is 0 Å². The predicted molar refractivity (Wildman–Crippen MR) is 78.6 cm³/mol. The van der Waals surface area contributed by atoms with Gasteiger partial charge in [0.05, 0.1) is 11.7 Å². The molecule has 0 amide bonds. The second kappa shape index (κ2) is 6.64. The van der Waals surface area contributed by atoms with E-state index in [1.807, 2.05) is 13.2 Å². The Labute approximate surface area is 118 Å². The van der Waals surface area contributed by atoms with Crippen LogP contribution in [0.3, 0.4) is 0 Å². The number of nitrogens with one attached hydrogen (secondary N) is 1. The fourth-order valence-electron chi connectivity index (χ4n) is 2.93. The van der Waals surface area contributed by atoms with Crippen LogP contribution in [0.4, 0.5) is 0 Å². The summed E-state index contributed by atoms with van der Waals surface area (Å²) >= 11 is 3.46. The van der Waals surface area contributed by atoms with Gasteiger partial charge < -0.3 is 5.32 Å². The molecular formula is C14H22BrN3. The molecule has 0 saturated carbocycles. The Morgan fingerprint density at radius 1 is 1.50 bits per heavy atom. The lowest BCUT2D eigenvalue weighted by molar-refractivity contribution is 0.223. The van der Waals surface area contributed by atoms with Gasteiger partial charge in [-0.05, 0) is 73.5 Å². The van der Waals surface area contributed by atoms with Gasteiger partial charge in [-0.1, -0.05) is 6.92 Å². The molecule has 0 aliphatic carbocycles. The quantitative estimate of drug-likeness (QED) is 0.906. The molecule has 2 unspecified atom stereocenters. The lowest BCUT2D eigenvalue weighted by atomic mass is 9.97. The van der Waals surface area contributed by atoms with E-state index >= 15 is 0 Å². The summed E-state index contributed by atoms with van der Waals surface area (Å²) in [6, 6.07) is 4.73. The van der Waals surface area contributed by atoms with E-state index in [2.05, 4.69) is 50.2 Å². The number of rotatable bonds is 5. The standard InChI is InChI=1S/C14H22BrN3/c1-3-7-18-8-6-11(9-16-2)14(18)13-5-4-12(15)10-17-13/h4-5,10-11,14,16H,3,6-9H2,1-2H3. The summed E-state index contributed by atoms with van der Waals surface area (Å²) in [5.41, 5.74) is 1.21. The largest absolute Gasteiger partial charge is 0.319 e. The van der Waals surface area contributed by atoms with E-state index in [-0.39, 0.29) is 0 Å². The summed E-state index contributed by atoms with van der Waals surface area (Å²) in [7, 11) is 2.04. The van der Waals surface area contributed by atoms with E-state index in [0.717, 1.165) is 11.0 Å². The first kappa shape index (κ1) is 14.0. The molecule has 1 saturated heterocycles. The summed E-state index contributed by atoms with van der Waals surface area (Å²) in [4.78, 5) is 7.19. The van der Waals surface area contributed by atoms with Crippen molar-refractivity contribution in [2.75, 3.05) is 26.7 Å². The molecule has 100 valence electrons. The molecule has 1 aromatic heterocycles. The lowest BCUT2D eigenvalue weighted by Gasteiger charge is -2.27. The fourth-order valence-corrected chi connectivity index (χ4v) is 3.17. The van der Waals surface area contributed by atoms with Gasteiger partial charge in [0.1, 0.15) is 0 Å². The van der Waals surface area contributed by atoms with Gasteiger partial charge in [-0.25, -0.2) is 0 Å². The summed E-state index contributed by atoms with van der Waals surface area (Å²) in [5.74, 6) is 0.676. The molecule has 1 N–H and O–H groups in total. The van der Waals surface area contributed by atoms with E-state index in [1.165, 1.54) is 31.6 Å². The number of likely N-dealkylation sites (tertiary alicyclic amines) is 1. The Kier molecular flexibility index (Phi) is 5.15. The van der Waals surface area contributed by atoms with Crippen molar-refractivity contribution in [1.29, 1.82) is 0 Å². The highest BCUT2D eigenvalue weighted by Gasteiger charge is 2.34. The summed E-state index contributed by atoms with van der Waals surface area (Å²) in [6.07, 6.45) is 4.39. The van der Waals surface area contributed by atoms with Crippen LogP contribution in [0.2, 0.25) is 0 Å². The van der Waals surface area contributed by atoms with Crippen LogP contribution in [-0.2, 0) is 0 Å². The Morgan fingerprint density at radius 3 is 2.94 bits per heavy atom. The van der Waals surface area contributed by atoms with Gasteiger partial charge >= 0.3 is 0 Å². The molecular weight excluding hydrogens is 290 g/mol. The zero-order valence-corrected chi connectivity index (χ0v) is 12.8. The Balaban J connectivity index is 2.19. The van der Waals surface area contributed by atoms with Gasteiger partial charge in [-0.15, -0.1) is 0 Å². The number of hydrogen-bond acceptors (Lipinski definition) is 3. The highest BCUT2D eigenvalue weighted by molar-refractivity contribution is 9.10. The van der Waals surface area contributed by atoms with Crippen LogP contribution >= 0.6 is 15.9 Å². The van der Waals surface area contributed by atoms with Crippen molar-refractivity contribution in [2.24, 2.45) is 5.92 Å².